The third-order valence-corrected chi connectivity index (χ3v) is 4.30. The molecule has 2 atom stereocenters. The van der Waals surface area contributed by atoms with Crippen molar-refractivity contribution in [1.29, 1.82) is 0 Å². The summed E-state index contributed by atoms with van der Waals surface area (Å²) in [6, 6.07) is 4.96. The second-order valence-corrected chi connectivity index (χ2v) is 6.88. The zero-order valence-corrected chi connectivity index (χ0v) is 16.1. The Kier molecular flexibility index (Phi) is 7.52. The quantitative estimate of drug-likeness (QED) is 0.531. The first-order chi connectivity index (χ1) is 13.3. The van der Waals surface area contributed by atoms with E-state index >= 15 is 0 Å². The van der Waals surface area contributed by atoms with Crippen molar-refractivity contribution in [1.82, 2.24) is 10.6 Å². The van der Waals surface area contributed by atoms with Gasteiger partial charge < -0.3 is 21.5 Å². The molecule has 0 bridgehead atoms. The number of rotatable bonds is 8. The molecule has 0 aromatic heterocycles. The molecule has 1 aliphatic carbocycles. The van der Waals surface area contributed by atoms with E-state index in [2.05, 4.69) is 10.6 Å². The second-order valence-electron chi connectivity index (χ2n) is 6.88. The van der Waals surface area contributed by atoms with E-state index in [1.54, 1.807) is 12.1 Å². The topological polar surface area (TPSA) is 122 Å². The van der Waals surface area contributed by atoms with Gasteiger partial charge in [-0.1, -0.05) is 29.9 Å². The average Bonchev–Trinajstić information content (AvgIpc) is 2.66. The van der Waals surface area contributed by atoms with Gasteiger partial charge in [-0.3, -0.25) is 14.4 Å². The summed E-state index contributed by atoms with van der Waals surface area (Å²) >= 11 is 0. The molecular weight excluding hydrogens is 358 g/mol. The number of phenolic OH excluding ortho intramolecular Hbond substituents is 1. The highest BCUT2D eigenvalue weighted by atomic mass is 16.3. The van der Waals surface area contributed by atoms with Gasteiger partial charge in [-0.15, -0.1) is 0 Å². The third kappa shape index (κ3) is 6.35. The standard InChI is InChI=1S/C21H26N3O4/c1-13-4-3-5-16(10-13)20(27)18(11-15-6-8-17(25)9-7-15)24-19(26)12-23-21(28)14(2)22/h3-4,6-10,14,18,25H,5,11-12,22H2,1-2H3,(H,23,28)(H,24,26)/t14-,18+/m1/s1. The summed E-state index contributed by atoms with van der Waals surface area (Å²) in [5, 5.41) is 14.6. The Labute approximate surface area is 164 Å². The number of aromatic hydroxyl groups is 1. The van der Waals surface area contributed by atoms with Crippen LogP contribution in [0.4, 0.5) is 0 Å². The maximum atomic E-state index is 13.0. The van der Waals surface area contributed by atoms with Crippen molar-refractivity contribution in [2.75, 3.05) is 6.54 Å². The minimum absolute atomic E-state index is 0.125. The first kappa shape index (κ1) is 21.4. The van der Waals surface area contributed by atoms with Crippen LogP contribution in [0.2, 0.25) is 0 Å². The SMILES string of the molecule is CC1=C[CH]CC(C(=O)[C@H](Cc2ccc(O)cc2)NC(=O)CNC(=O)[C@@H](C)N)=C1. The second kappa shape index (κ2) is 9.85. The fourth-order valence-electron chi connectivity index (χ4n) is 2.80. The lowest BCUT2D eigenvalue weighted by molar-refractivity contribution is -0.128. The Morgan fingerprint density at radius 2 is 1.89 bits per heavy atom. The number of allylic oxidation sites excluding steroid dienone is 3. The van der Waals surface area contributed by atoms with E-state index in [4.69, 9.17) is 5.73 Å². The summed E-state index contributed by atoms with van der Waals surface area (Å²) in [6.07, 6.45) is 6.43. The van der Waals surface area contributed by atoms with E-state index in [0.717, 1.165) is 11.1 Å². The molecule has 149 valence electrons. The van der Waals surface area contributed by atoms with Crippen molar-refractivity contribution in [3.63, 3.8) is 0 Å². The van der Waals surface area contributed by atoms with Crippen molar-refractivity contribution in [2.24, 2.45) is 5.73 Å². The monoisotopic (exact) mass is 384 g/mol. The van der Waals surface area contributed by atoms with Crippen LogP contribution in [-0.2, 0) is 20.8 Å². The van der Waals surface area contributed by atoms with Crippen LogP contribution in [0.3, 0.4) is 0 Å². The van der Waals surface area contributed by atoms with Crippen molar-refractivity contribution in [3.05, 3.63) is 59.5 Å². The molecule has 0 saturated heterocycles. The fourth-order valence-corrected chi connectivity index (χ4v) is 2.80. The smallest absolute Gasteiger partial charge is 0.240 e. The summed E-state index contributed by atoms with van der Waals surface area (Å²) in [7, 11) is 0. The van der Waals surface area contributed by atoms with Gasteiger partial charge in [0.2, 0.25) is 11.8 Å². The van der Waals surface area contributed by atoms with Gasteiger partial charge in [0.05, 0.1) is 18.6 Å². The Morgan fingerprint density at radius 3 is 2.50 bits per heavy atom. The van der Waals surface area contributed by atoms with Crippen LogP contribution >= 0.6 is 0 Å². The molecule has 1 aromatic carbocycles. The number of Topliss-reactive ketones (excluding diaryl/α,β-unsaturated/α-hetero) is 1. The number of ketones is 1. The van der Waals surface area contributed by atoms with Gasteiger partial charge in [-0.2, -0.15) is 0 Å². The average molecular weight is 384 g/mol. The number of benzene rings is 1. The highest BCUT2D eigenvalue weighted by molar-refractivity contribution is 6.02. The molecule has 0 aliphatic heterocycles. The molecule has 5 N–H and O–H groups in total. The number of carbonyl (C=O) groups excluding carboxylic acids is 3. The number of hydrogen-bond acceptors (Lipinski definition) is 5. The predicted molar refractivity (Wildman–Crippen MR) is 106 cm³/mol. The van der Waals surface area contributed by atoms with Crippen molar-refractivity contribution >= 4 is 17.6 Å². The molecule has 0 fully saturated rings. The normalized spacial score (nSPS) is 15.7. The van der Waals surface area contributed by atoms with E-state index in [1.807, 2.05) is 25.5 Å². The Bertz CT molecular complexity index is 794. The molecule has 1 aromatic rings. The van der Waals surface area contributed by atoms with E-state index < -0.39 is 23.9 Å². The molecule has 0 heterocycles. The molecule has 2 amide bonds. The van der Waals surface area contributed by atoms with E-state index in [0.29, 0.717) is 12.0 Å². The van der Waals surface area contributed by atoms with Crippen LogP contribution in [0.1, 0.15) is 25.8 Å². The highest BCUT2D eigenvalue weighted by Gasteiger charge is 2.25. The lowest BCUT2D eigenvalue weighted by Crippen LogP contribution is -2.49. The Balaban J connectivity index is 2.12. The highest BCUT2D eigenvalue weighted by Crippen LogP contribution is 2.20. The summed E-state index contributed by atoms with van der Waals surface area (Å²) in [4.78, 5) is 36.8. The number of phenols is 1. The summed E-state index contributed by atoms with van der Waals surface area (Å²) in [5.41, 5.74) is 7.84. The largest absolute Gasteiger partial charge is 0.508 e. The van der Waals surface area contributed by atoms with E-state index in [1.165, 1.54) is 19.1 Å². The van der Waals surface area contributed by atoms with Crippen molar-refractivity contribution < 1.29 is 19.5 Å². The van der Waals surface area contributed by atoms with Crippen LogP contribution in [0.25, 0.3) is 0 Å². The molecule has 1 aliphatic rings. The number of amides is 2. The fraction of sp³-hybridized carbons (Fsp3) is 0.333. The van der Waals surface area contributed by atoms with Crippen LogP contribution < -0.4 is 16.4 Å². The molecule has 7 nitrogen and oxygen atoms in total. The Hall–Kier alpha value is -2.93. The van der Waals surface area contributed by atoms with Gasteiger partial charge in [0.1, 0.15) is 5.75 Å². The lowest BCUT2D eigenvalue weighted by atomic mass is 9.91. The first-order valence-electron chi connectivity index (χ1n) is 9.11. The minimum atomic E-state index is -0.783. The molecule has 0 spiro atoms. The van der Waals surface area contributed by atoms with Gasteiger partial charge in [0, 0.05) is 6.42 Å². The first-order valence-corrected chi connectivity index (χ1v) is 9.11. The third-order valence-electron chi connectivity index (χ3n) is 4.30. The van der Waals surface area contributed by atoms with Gasteiger partial charge in [0.15, 0.2) is 5.78 Å². The van der Waals surface area contributed by atoms with Crippen LogP contribution in [0, 0.1) is 6.42 Å². The van der Waals surface area contributed by atoms with Crippen LogP contribution in [0.5, 0.6) is 5.75 Å². The summed E-state index contributed by atoms with van der Waals surface area (Å²) in [6.45, 7) is 3.16. The zero-order chi connectivity index (χ0) is 20.7. The van der Waals surface area contributed by atoms with E-state index in [-0.39, 0.29) is 24.5 Å². The molecular formula is C21H26N3O4. The predicted octanol–water partition coefficient (Wildman–Crippen LogP) is 0.933. The number of nitrogens with one attached hydrogen (secondary N) is 2. The zero-order valence-electron chi connectivity index (χ0n) is 16.1. The number of nitrogens with two attached hydrogens (primary N) is 1. The van der Waals surface area contributed by atoms with Gasteiger partial charge in [-0.25, -0.2) is 0 Å². The van der Waals surface area contributed by atoms with Gasteiger partial charge >= 0.3 is 0 Å². The molecule has 0 saturated carbocycles. The van der Waals surface area contributed by atoms with Crippen molar-refractivity contribution in [2.45, 2.75) is 38.8 Å². The molecule has 28 heavy (non-hydrogen) atoms. The molecule has 2 rings (SSSR count). The van der Waals surface area contributed by atoms with Crippen LogP contribution in [0.15, 0.2) is 47.6 Å². The number of carbonyl (C=O) groups is 3. The minimum Gasteiger partial charge on any atom is -0.508 e. The number of hydrogen-bond donors (Lipinski definition) is 4. The van der Waals surface area contributed by atoms with Gasteiger partial charge in [-0.05, 0) is 50.0 Å². The van der Waals surface area contributed by atoms with Crippen molar-refractivity contribution in [3.8, 4) is 5.75 Å². The van der Waals surface area contributed by atoms with Crippen LogP contribution in [-0.4, -0.2) is 41.3 Å². The maximum Gasteiger partial charge on any atom is 0.240 e. The Morgan fingerprint density at radius 1 is 1.21 bits per heavy atom. The maximum absolute atomic E-state index is 13.0. The summed E-state index contributed by atoms with van der Waals surface area (Å²) in [5.74, 6) is -0.969. The van der Waals surface area contributed by atoms with E-state index in [9.17, 15) is 19.5 Å². The summed E-state index contributed by atoms with van der Waals surface area (Å²) < 4.78 is 0. The molecule has 1 radical (unpaired) electrons. The van der Waals surface area contributed by atoms with Gasteiger partial charge in [0.25, 0.3) is 0 Å². The molecule has 7 heteroatoms. The lowest BCUT2D eigenvalue weighted by Gasteiger charge is -2.21. The molecule has 0 unspecified atom stereocenters.